The summed E-state index contributed by atoms with van der Waals surface area (Å²) in [4.78, 5) is 24.2. The molecule has 1 N–H and O–H groups in total. The number of carbonyl (C=O) groups is 2. The summed E-state index contributed by atoms with van der Waals surface area (Å²) in [7, 11) is 0. The Labute approximate surface area is 103 Å². The first-order valence-corrected chi connectivity index (χ1v) is 6.65. The van der Waals surface area contributed by atoms with E-state index in [1.165, 1.54) is 19.3 Å². The average Bonchev–Trinajstić information content (AvgIpc) is 2.30. The van der Waals surface area contributed by atoms with Crippen LogP contribution in [0.5, 0.6) is 0 Å². The van der Waals surface area contributed by atoms with Crippen molar-refractivity contribution >= 4 is 11.9 Å². The second-order valence-corrected chi connectivity index (χ2v) is 4.83. The molecule has 0 bridgehead atoms. The van der Waals surface area contributed by atoms with Crippen LogP contribution in [0.15, 0.2) is 0 Å². The highest BCUT2D eigenvalue weighted by molar-refractivity contribution is 5.80. The zero-order valence-corrected chi connectivity index (χ0v) is 10.7. The van der Waals surface area contributed by atoms with E-state index in [9.17, 15) is 9.59 Å². The minimum atomic E-state index is -0.770. The van der Waals surface area contributed by atoms with Gasteiger partial charge < -0.3 is 10.0 Å². The van der Waals surface area contributed by atoms with Gasteiger partial charge in [-0.3, -0.25) is 9.59 Å². The van der Waals surface area contributed by atoms with E-state index >= 15 is 0 Å². The second-order valence-electron chi connectivity index (χ2n) is 4.83. The van der Waals surface area contributed by atoms with Gasteiger partial charge in [-0.15, -0.1) is 0 Å². The van der Waals surface area contributed by atoms with E-state index in [0.717, 1.165) is 19.4 Å². The van der Waals surface area contributed by atoms with Crippen molar-refractivity contribution in [1.82, 2.24) is 4.90 Å². The maximum atomic E-state index is 11.6. The molecule has 0 spiro atoms. The lowest BCUT2D eigenvalue weighted by Gasteiger charge is -2.30. The number of carboxylic acid groups (broad SMARTS) is 1. The van der Waals surface area contributed by atoms with Gasteiger partial charge in [-0.1, -0.05) is 32.6 Å². The molecule has 1 aliphatic heterocycles. The first-order chi connectivity index (χ1) is 8.15. The average molecular weight is 241 g/mol. The highest BCUT2D eigenvalue weighted by atomic mass is 16.4. The summed E-state index contributed by atoms with van der Waals surface area (Å²) in [5.41, 5.74) is 0. The summed E-state index contributed by atoms with van der Waals surface area (Å²) in [6.07, 6.45) is 6.69. The number of carbonyl (C=O) groups excluding carboxylic acids is 1. The zero-order valence-electron chi connectivity index (χ0n) is 10.7. The van der Waals surface area contributed by atoms with Gasteiger partial charge in [-0.2, -0.15) is 0 Å². The van der Waals surface area contributed by atoms with Gasteiger partial charge in [-0.05, 0) is 12.8 Å². The van der Waals surface area contributed by atoms with Crippen molar-refractivity contribution in [1.29, 1.82) is 0 Å². The van der Waals surface area contributed by atoms with Gasteiger partial charge in [0.1, 0.15) is 0 Å². The Hall–Kier alpha value is -1.06. The molecule has 4 nitrogen and oxygen atoms in total. The molecule has 1 unspecified atom stereocenters. The Morgan fingerprint density at radius 2 is 2.06 bits per heavy atom. The third kappa shape index (κ3) is 4.75. The van der Waals surface area contributed by atoms with Crippen LogP contribution >= 0.6 is 0 Å². The molecule has 0 saturated carbocycles. The number of nitrogens with zero attached hydrogens (tertiary/aromatic N) is 1. The monoisotopic (exact) mass is 241 g/mol. The van der Waals surface area contributed by atoms with Gasteiger partial charge in [0.05, 0.1) is 5.92 Å². The molecule has 1 aliphatic rings. The van der Waals surface area contributed by atoms with Crippen molar-refractivity contribution < 1.29 is 14.7 Å². The normalized spacial score (nSPS) is 20.6. The summed E-state index contributed by atoms with van der Waals surface area (Å²) < 4.78 is 0. The van der Waals surface area contributed by atoms with E-state index in [1.807, 2.05) is 0 Å². The molecule has 0 aromatic rings. The van der Waals surface area contributed by atoms with Crippen LogP contribution in [0.2, 0.25) is 0 Å². The van der Waals surface area contributed by atoms with Crippen molar-refractivity contribution in [2.24, 2.45) is 5.92 Å². The van der Waals surface area contributed by atoms with Gasteiger partial charge in [0.2, 0.25) is 5.91 Å². The van der Waals surface area contributed by atoms with Crippen LogP contribution in [-0.4, -0.2) is 35.0 Å². The number of rotatable bonds is 7. The molecule has 1 rings (SSSR count). The Bertz CT molecular complexity index is 265. The van der Waals surface area contributed by atoms with Crippen LogP contribution < -0.4 is 0 Å². The standard InChI is InChI=1S/C13H23NO3/c1-2-3-4-5-6-9-14-10-11(13(16)17)7-8-12(14)15/h11H,2-10H2,1H3,(H,16,17). The molecule has 0 aromatic carbocycles. The summed E-state index contributed by atoms with van der Waals surface area (Å²) in [6.45, 7) is 3.31. The Morgan fingerprint density at radius 1 is 1.35 bits per heavy atom. The summed E-state index contributed by atoms with van der Waals surface area (Å²) in [6, 6.07) is 0. The van der Waals surface area contributed by atoms with E-state index in [-0.39, 0.29) is 11.8 Å². The Kier molecular flexibility index (Phi) is 6.01. The minimum Gasteiger partial charge on any atom is -0.481 e. The highest BCUT2D eigenvalue weighted by Gasteiger charge is 2.29. The molecular weight excluding hydrogens is 218 g/mol. The van der Waals surface area contributed by atoms with Crippen LogP contribution in [0, 0.1) is 5.92 Å². The number of piperidine rings is 1. The molecule has 17 heavy (non-hydrogen) atoms. The first-order valence-electron chi connectivity index (χ1n) is 6.65. The fraction of sp³-hybridized carbons (Fsp3) is 0.846. The van der Waals surface area contributed by atoms with Crippen LogP contribution in [0.4, 0.5) is 0 Å². The van der Waals surface area contributed by atoms with Crippen molar-refractivity contribution in [2.45, 2.75) is 51.9 Å². The first kappa shape index (κ1) is 14.0. The van der Waals surface area contributed by atoms with Crippen LogP contribution in [0.1, 0.15) is 51.9 Å². The van der Waals surface area contributed by atoms with Gasteiger partial charge in [0.25, 0.3) is 0 Å². The molecule has 1 heterocycles. The lowest BCUT2D eigenvalue weighted by atomic mass is 9.97. The number of hydrogen-bond acceptors (Lipinski definition) is 2. The largest absolute Gasteiger partial charge is 0.481 e. The van der Waals surface area contributed by atoms with Gasteiger partial charge >= 0.3 is 5.97 Å². The molecule has 4 heteroatoms. The van der Waals surface area contributed by atoms with Crippen LogP contribution in [0.25, 0.3) is 0 Å². The van der Waals surface area contributed by atoms with Crippen LogP contribution in [0.3, 0.4) is 0 Å². The van der Waals surface area contributed by atoms with Gasteiger partial charge in [0, 0.05) is 19.5 Å². The summed E-state index contributed by atoms with van der Waals surface area (Å²) >= 11 is 0. The summed E-state index contributed by atoms with van der Waals surface area (Å²) in [5, 5.41) is 8.95. The zero-order chi connectivity index (χ0) is 12.7. The Balaban J connectivity index is 2.25. The van der Waals surface area contributed by atoms with Crippen molar-refractivity contribution in [3.8, 4) is 0 Å². The maximum absolute atomic E-state index is 11.6. The van der Waals surface area contributed by atoms with E-state index in [4.69, 9.17) is 5.11 Å². The number of likely N-dealkylation sites (tertiary alicyclic amines) is 1. The molecule has 0 radical (unpaired) electrons. The van der Waals surface area contributed by atoms with E-state index in [0.29, 0.717) is 19.4 Å². The van der Waals surface area contributed by atoms with E-state index < -0.39 is 5.97 Å². The van der Waals surface area contributed by atoms with Crippen molar-refractivity contribution in [3.05, 3.63) is 0 Å². The second kappa shape index (κ2) is 7.30. The molecular formula is C13H23NO3. The van der Waals surface area contributed by atoms with Crippen molar-refractivity contribution in [3.63, 3.8) is 0 Å². The quantitative estimate of drug-likeness (QED) is 0.696. The number of carboxylic acids is 1. The van der Waals surface area contributed by atoms with E-state index in [2.05, 4.69) is 6.92 Å². The third-order valence-corrected chi connectivity index (χ3v) is 3.38. The minimum absolute atomic E-state index is 0.123. The molecule has 1 fully saturated rings. The lowest BCUT2D eigenvalue weighted by molar-refractivity contribution is -0.147. The third-order valence-electron chi connectivity index (χ3n) is 3.38. The molecule has 1 amide bonds. The molecule has 0 aliphatic carbocycles. The number of hydrogen-bond donors (Lipinski definition) is 1. The summed E-state index contributed by atoms with van der Waals surface area (Å²) in [5.74, 6) is -1.00. The molecule has 1 saturated heterocycles. The number of amides is 1. The molecule has 1 atom stereocenters. The smallest absolute Gasteiger partial charge is 0.308 e. The van der Waals surface area contributed by atoms with Crippen LogP contribution in [-0.2, 0) is 9.59 Å². The molecule has 0 aromatic heterocycles. The number of unbranched alkanes of at least 4 members (excludes halogenated alkanes) is 4. The fourth-order valence-electron chi connectivity index (χ4n) is 2.24. The van der Waals surface area contributed by atoms with Gasteiger partial charge in [0.15, 0.2) is 0 Å². The van der Waals surface area contributed by atoms with Gasteiger partial charge in [-0.25, -0.2) is 0 Å². The maximum Gasteiger partial charge on any atom is 0.308 e. The van der Waals surface area contributed by atoms with E-state index in [1.54, 1.807) is 4.90 Å². The topological polar surface area (TPSA) is 57.6 Å². The predicted molar refractivity (Wildman–Crippen MR) is 65.7 cm³/mol. The number of aliphatic carboxylic acids is 1. The Morgan fingerprint density at radius 3 is 2.71 bits per heavy atom. The molecule has 98 valence electrons. The fourth-order valence-corrected chi connectivity index (χ4v) is 2.24. The highest BCUT2D eigenvalue weighted by Crippen LogP contribution is 2.18. The lowest BCUT2D eigenvalue weighted by Crippen LogP contribution is -2.42. The SMILES string of the molecule is CCCCCCCN1CC(C(=O)O)CCC1=O. The predicted octanol–water partition coefficient (Wildman–Crippen LogP) is 2.28. The van der Waals surface area contributed by atoms with Crippen molar-refractivity contribution in [2.75, 3.05) is 13.1 Å².